The summed E-state index contributed by atoms with van der Waals surface area (Å²) < 4.78 is 1.55. The third kappa shape index (κ3) is 1.74. The number of rotatable bonds is 3. The van der Waals surface area contributed by atoms with Gasteiger partial charge in [-0.1, -0.05) is 18.5 Å². The summed E-state index contributed by atoms with van der Waals surface area (Å²) in [5.41, 5.74) is 1.14. The van der Waals surface area contributed by atoms with Gasteiger partial charge in [-0.2, -0.15) is 0 Å². The Kier molecular flexibility index (Phi) is 2.78. The van der Waals surface area contributed by atoms with Crippen molar-refractivity contribution in [1.82, 2.24) is 14.5 Å². The minimum atomic E-state index is -0.890. The maximum Gasteiger partial charge on any atom is 0.326 e. The topological polar surface area (TPSA) is 68.0 Å². The number of carboxylic acids is 1. The lowest BCUT2D eigenvalue weighted by Crippen LogP contribution is -2.17. The van der Waals surface area contributed by atoms with Gasteiger partial charge in [-0.15, -0.1) is 0 Å². The summed E-state index contributed by atoms with van der Waals surface area (Å²) in [6, 6.07) is 1.02. The van der Waals surface area contributed by atoms with Gasteiger partial charge in [0.2, 0.25) is 0 Å². The third-order valence-electron chi connectivity index (χ3n) is 2.39. The molecule has 0 aliphatic carbocycles. The largest absolute Gasteiger partial charge is 0.480 e. The quantitative estimate of drug-likeness (QED) is 0.891. The summed E-state index contributed by atoms with van der Waals surface area (Å²) in [5, 5.41) is 9.54. The van der Waals surface area contributed by atoms with Crippen LogP contribution in [-0.2, 0) is 4.79 Å². The smallest absolute Gasteiger partial charge is 0.326 e. The van der Waals surface area contributed by atoms with Gasteiger partial charge in [0.05, 0.1) is 11.3 Å². The molecule has 2 heterocycles. The highest BCUT2D eigenvalue weighted by Crippen LogP contribution is 2.20. The molecular weight excluding hydrogens is 230 g/mol. The maximum absolute atomic E-state index is 11.0. The van der Waals surface area contributed by atoms with Gasteiger partial charge < -0.3 is 9.67 Å². The van der Waals surface area contributed by atoms with Crippen LogP contribution in [0.3, 0.4) is 0 Å². The fourth-order valence-electron chi connectivity index (χ4n) is 1.61. The van der Waals surface area contributed by atoms with Crippen molar-refractivity contribution in [3.05, 3.63) is 23.6 Å². The van der Waals surface area contributed by atoms with Crippen molar-refractivity contribution in [3.63, 3.8) is 0 Å². The molecular formula is C10H10ClN3O2. The molecule has 0 aromatic carbocycles. The van der Waals surface area contributed by atoms with Crippen molar-refractivity contribution < 1.29 is 9.90 Å². The molecule has 0 aliphatic rings. The molecule has 0 fully saturated rings. The summed E-state index contributed by atoms with van der Waals surface area (Å²) in [5.74, 6) is -0.890. The molecule has 0 saturated carbocycles. The Morgan fingerprint density at radius 2 is 2.38 bits per heavy atom. The highest BCUT2D eigenvalue weighted by molar-refractivity contribution is 6.31. The highest BCUT2D eigenvalue weighted by atomic mass is 35.5. The SMILES string of the molecule is CCC(C(=O)O)n1cnc2cc(Cl)cnc21. The van der Waals surface area contributed by atoms with E-state index in [2.05, 4.69) is 9.97 Å². The van der Waals surface area contributed by atoms with Crippen molar-refractivity contribution >= 4 is 28.7 Å². The number of fused-ring (bicyclic) bond motifs is 1. The number of aliphatic carboxylic acids is 1. The standard InChI is InChI=1S/C10H10ClN3O2/c1-2-8(10(15)16)14-5-13-7-3-6(11)4-12-9(7)14/h3-5,8H,2H2,1H3,(H,15,16). The molecule has 5 nitrogen and oxygen atoms in total. The van der Waals surface area contributed by atoms with E-state index in [4.69, 9.17) is 16.7 Å². The van der Waals surface area contributed by atoms with Crippen LogP contribution in [0.1, 0.15) is 19.4 Å². The molecule has 2 aromatic heterocycles. The van der Waals surface area contributed by atoms with E-state index in [-0.39, 0.29) is 0 Å². The van der Waals surface area contributed by atoms with Crippen LogP contribution >= 0.6 is 11.6 Å². The predicted octanol–water partition coefficient (Wildman–Crippen LogP) is 2.12. The second-order valence-electron chi connectivity index (χ2n) is 3.41. The number of hydrogen-bond acceptors (Lipinski definition) is 3. The molecule has 0 aliphatic heterocycles. The maximum atomic E-state index is 11.0. The Morgan fingerprint density at radius 3 is 3.00 bits per heavy atom. The first-order valence-corrected chi connectivity index (χ1v) is 5.22. The molecule has 2 rings (SSSR count). The van der Waals surface area contributed by atoms with Crippen molar-refractivity contribution in [2.75, 3.05) is 0 Å². The summed E-state index contributed by atoms with van der Waals surface area (Å²) in [7, 11) is 0. The summed E-state index contributed by atoms with van der Waals surface area (Å²) >= 11 is 5.78. The molecule has 1 N–H and O–H groups in total. The van der Waals surface area contributed by atoms with Crippen LogP contribution in [0.2, 0.25) is 5.02 Å². The average Bonchev–Trinajstić information content (AvgIpc) is 2.62. The lowest BCUT2D eigenvalue weighted by Gasteiger charge is -2.11. The number of pyridine rings is 1. The van der Waals surface area contributed by atoms with Gasteiger partial charge in [0.1, 0.15) is 11.6 Å². The van der Waals surface area contributed by atoms with E-state index in [0.717, 1.165) is 0 Å². The number of imidazole rings is 1. The Bertz CT molecular complexity index is 538. The van der Waals surface area contributed by atoms with Crippen molar-refractivity contribution in [2.24, 2.45) is 0 Å². The fraction of sp³-hybridized carbons (Fsp3) is 0.300. The Labute approximate surface area is 96.7 Å². The van der Waals surface area contributed by atoms with Gasteiger partial charge >= 0.3 is 5.97 Å². The van der Waals surface area contributed by atoms with Crippen LogP contribution in [0.25, 0.3) is 11.2 Å². The van der Waals surface area contributed by atoms with Crippen LogP contribution in [0.5, 0.6) is 0 Å². The summed E-state index contributed by atoms with van der Waals surface area (Å²) in [4.78, 5) is 19.2. The van der Waals surface area contributed by atoms with Crippen molar-refractivity contribution in [2.45, 2.75) is 19.4 Å². The van der Waals surface area contributed by atoms with Crippen LogP contribution in [0.15, 0.2) is 18.6 Å². The second kappa shape index (κ2) is 4.09. The number of carbonyl (C=O) groups is 1. The molecule has 16 heavy (non-hydrogen) atoms. The minimum Gasteiger partial charge on any atom is -0.480 e. The molecule has 1 unspecified atom stereocenters. The molecule has 84 valence electrons. The number of aromatic nitrogens is 3. The third-order valence-corrected chi connectivity index (χ3v) is 2.59. The van der Waals surface area contributed by atoms with Crippen LogP contribution in [-0.4, -0.2) is 25.6 Å². The predicted molar refractivity (Wildman–Crippen MR) is 59.5 cm³/mol. The van der Waals surface area contributed by atoms with Crippen LogP contribution in [0, 0.1) is 0 Å². The molecule has 0 radical (unpaired) electrons. The van der Waals surface area contributed by atoms with Crippen molar-refractivity contribution in [1.29, 1.82) is 0 Å². The Balaban J connectivity index is 2.57. The van der Waals surface area contributed by atoms with Crippen LogP contribution < -0.4 is 0 Å². The molecule has 0 saturated heterocycles. The van der Waals surface area contributed by atoms with E-state index in [1.165, 1.54) is 12.5 Å². The van der Waals surface area contributed by atoms with Gasteiger partial charge in [0.25, 0.3) is 0 Å². The summed E-state index contributed by atoms with van der Waals surface area (Å²) in [6.45, 7) is 1.81. The molecule has 2 aromatic rings. The highest BCUT2D eigenvalue weighted by Gasteiger charge is 2.19. The lowest BCUT2D eigenvalue weighted by atomic mass is 10.2. The Morgan fingerprint density at radius 1 is 1.62 bits per heavy atom. The zero-order valence-electron chi connectivity index (χ0n) is 8.59. The molecule has 0 amide bonds. The number of nitrogens with zero attached hydrogens (tertiary/aromatic N) is 3. The fourth-order valence-corrected chi connectivity index (χ4v) is 1.76. The number of halogens is 1. The first kappa shape index (κ1) is 10.9. The van der Waals surface area contributed by atoms with E-state index in [9.17, 15) is 4.79 Å². The van der Waals surface area contributed by atoms with E-state index < -0.39 is 12.0 Å². The van der Waals surface area contributed by atoms with Gasteiger partial charge in [0, 0.05) is 6.20 Å². The molecule has 0 bridgehead atoms. The Hall–Kier alpha value is -1.62. The monoisotopic (exact) mass is 239 g/mol. The number of hydrogen-bond donors (Lipinski definition) is 1. The summed E-state index contributed by atoms with van der Waals surface area (Å²) in [6.07, 6.45) is 3.44. The lowest BCUT2D eigenvalue weighted by molar-refractivity contribution is -0.140. The zero-order chi connectivity index (χ0) is 11.7. The van der Waals surface area contributed by atoms with E-state index in [1.807, 2.05) is 0 Å². The van der Waals surface area contributed by atoms with E-state index >= 15 is 0 Å². The zero-order valence-corrected chi connectivity index (χ0v) is 9.35. The molecule has 6 heteroatoms. The number of carboxylic acid groups (broad SMARTS) is 1. The van der Waals surface area contributed by atoms with Gasteiger partial charge in [-0.25, -0.2) is 14.8 Å². The van der Waals surface area contributed by atoms with Crippen LogP contribution in [0.4, 0.5) is 0 Å². The van der Waals surface area contributed by atoms with E-state index in [0.29, 0.717) is 22.6 Å². The second-order valence-corrected chi connectivity index (χ2v) is 3.85. The normalized spacial score (nSPS) is 12.9. The minimum absolute atomic E-state index is 0.477. The van der Waals surface area contributed by atoms with Crippen molar-refractivity contribution in [3.8, 4) is 0 Å². The first-order chi connectivity index (χ1) is 7.63. The van der Waals surface area contributed by atoms with Gasteiger partial charge in [-0.05, 0) is 12.5 Å². The van der Waals surface area contributed by atoms with Gasteiger partial charge in [0.15, 0.2) is 5.65 Å². The average molecular weight is 240 g/mol. The molecule has 0 spiro atoms. The molecule has 1 atom stereocenters. The first-order valence-electron chi connectivity index (χ1n) is 4.84. The van der Waals surface area contributed by atoms with Gasteiger partial charge in [-0.3, -0.25) is 0 Å². The van der Waals surface area contributed by atoms with E-state index in [1.54, 1.807) is 17.6 Å².